The third-order valence-electron chi connectivity index (χ3n) is 3.35. The summed E-state index contributed by atoms with van der Waals surface area (Å²) < 4.78 is 3.46. The van der Waals surface area contributed by atoms with Crippen molar-refractivity contribution in [3.63, 3.8) is 0 Å². The summed E-state index contributed by atoms with van der Waals surface area (Å²) in [6, 6.07) is 9.26. The smallest absolute Gasteiger partial charge is 0.276 e. The molecule has 118 valence electrons. The molecule has 0 saturated heterocycles. The summed E-state index contributed by atoms with van der Waals surface area (Å²) in [7, 11) is 0. The van der Waals surface area contributed by atoms with Crippen LogP contribution in [0.2, 0.25) is 5.02 Å². The Balaban J connectivity index is 1.64. The van der Waals surface area contributed by atoms with Crippen molar-refractivity contribution in [3.8, 4) is 0 Å². The van der Waals surface area contributed by atoms with Crippen LogP contribution in [0.15, 0.2) is 48.9 Å². The lowest BCUT2D eigenvalue weighted by molar-refractivity contribution is 0.102. The van der Waals surface area contributed by atoms with Gasteiger partial charge in [-0.2, -0.15) is 10.2 Å². The molecule has 7 heteroatoms. The summed E-state index contributed by atoms with van der Waals surface area (Å²) in [6.07, 6.45) is 5.17. The van der Waals surface area contributed by atoms with Crippen molar-refractivity contribution in [1.29, 1.82) is 0 Å². The molecule has 0 aliphatic carbocycles. The van der Waals surface area contributed by atoms with Gasteiger partial charge in [-0.25, -0.2) is 0 Å². The van der Waals surface area contributed by atoms with E-state index >= 15 is 0 Å². The van der Waals surface area contributed by atoms with E-state index in [1.807, 2.05) is 31.2 Å². The first-order valence-corrected chi connectivity index (χ1v) is 7.63. The molecule has 0 radical (unpaired) electrons. The van der Waals surface area contributed by atoms with Crippen molar-refractivity contribution in [2.45, 2.75) is 20.0 Å². The van der Waals surface area contributed by atoms with Crippen LogP contribution in [0.25, 0.3) is 0 Å². The second-order valence-electron chi connectivity index (χ2n) is 5.06. The van der Waals surface area contributed by atoms with Crippen LogP contribution >= 0.6 is 11.6 Å². The molecule has 0 bridgehead atoms. The lowest BCUT2D eigenvalue weighted by Gasteiger charge is -2.02. The molecule has 1 aromatic carbocycles. The van der Waals surface area contributed by atoms with Gasteiger partial charge in [0.2, 0.25) is 0 Å². The lowest BCUT2D eigenvalue weighted by atomic mass is 10.2. The first-order chi connectivity index (χ1) is 11.1. The highest BCUT2D eigenvalue weighted by atomic mass is 35.5. The van der Waals surface area contributed by atoms with Crippen LogP contribution < -0.4 is 5.32 Å². The van der Waals surface area contributed by atoms with E-state index in [9.17, 15) is 4.79 Å². The highest BCUT2D eigenvalue weighted by molar-refractivity contribution is 6.30. The fourth-order valence-corrected chi connectivity index (χ4v) is 2.27. The van der Waals surface area contributed by atoms with Gasteiger partial charge in [0.15, 0.2) is 5.69 Å². The highest BCUT2D eigenvalue weighted by Gasteiger charge is 2.10. The van der Waals surface area contributed by atoms with E-state index in [2.05, 4.69) is 15.5 Å². The molecule has 0 aliphatic rings. The fourth-order valence-electron chi connectivity index (χ4n) is 2.15. The molecule has 0 spiro atoms. The first-order valence-electron chi connectivity index (χ1n) is 7.26. The van der Waals surface area contributed by atoms with Crippen molar-refractivity contribution in [1.82, 2.24) is 19.6 Å². The maximum atomic E-state index is 12.1. The van der Waals surface area contributed by atoms with Crippen molar-refractivity contribution in [2.24, 2.45) is 0 Å². The lowest BCUT2D eigenvalue weighted by Crippen LogP contribution is -2.13. The van der Waals surface area contributed by atoms with Crippen LogP contribution in [0.3, 0.4) is 0 Å². The van der Waals surface area contributed by atoms with E-state index in [0.29, 0.717) is 22.9 Å². The number of carbonyl (C=O) groups is 1. The number of aryl methyl sites for hydroxylation is 1. The number of aromatic nitrogens is 4. The minimum atomic E-state index is -0.247. The number of nitrogens with zero attached hydrogens (tertiary/aromatic N) is 4. The average Bonchev–Trinajstić information content (AvgIpc) is 3.19. The second kappa shape index (κ2) is 6.66. The monoisotopic (exact) mass is 329 g/mol. The minimum absolute atomic E-state index is 0.247. The first kappa shape index (κ1) is 15.3. The van der Waals surface area contributed by atoms with Gasteiger partial charge in [-0.15, -0.1) is 0 Å². The summed E-state index contributed by atoms with van der Waals surface area (Å²) in [5, 5.41) is 11.9. The van der Waals surface area contributed by atoms with Crippen molar-refractivity contribution in [3.05, 3.63) is 65.2 Å². The molecule has 6 nitrogen and oxygen atoms in total. The van der Waals surface area contributed by atoms with Gasteiger partial charge in [0.05, 0.1) is 18.4 Å². The molecule has 23 heavy (non-hydrogen) atoms. The van der Waals surface area contributed by atoms with Gasteiger partial charge < -0.3 is 5.32 Å². The zero-order chi connectivity index (χ0) is 16.2. The van der Waals surface area contributed by atoms with Gasteiger partial charge in [0, 0.05) is 24.0 Å². The summed E-state index contributed by atoms with van der Waals surface area (Å²) in [6.45, 7) is 3.30. The van der Waals surface area contributed by atoms with Crippen LogP contribution in [0.4, 0.5) is 5.69 Å². The summed E-state index contributed by atoms with van der Waals surface area (Å²) >= 11 is 5.87. The van der Waals surface area contributed by atoms with Crippen LogP contribution in [0.1, 0.15) is 23.0 Å². The Morgan fingerprint density at radius 2 is 2.00 bits per heavy atom. The standard InChI is InChI=1S/C16H16ClN5O/c1-2-21-8-7-15(20-21)16(23)19-14-9-18-22(11-14)10-12-3-5-13(17)6-4-12/h3-9,11H,2,10H2,1H3,(H,19,23). The van der Waals surface area contributed by atoms with E-state index < -0.39 is 0 Å². The molecule has 0 aliphatic heterocycles. The Morgan fingerprint density at radius 3 is 2.70 bits per heavy atom. The quantitative estimate of drug-likeness (QED) is 0.782. The molecule has 1 N–H and O–H groups in total. The Kier molecular flexibility index (Phi) is 4.43. The zero-order valence-electron chi connectivity index (χ0n) is 12.6. The number of carbonyl (C=O) groups excluding carboxylic acids is 1. The topological polar surface area (TPSA) is 64.7 Å². The van der Waals surface area contributed by atoms with Gasteiger partial charge in [-0.3, -0.25) is 14.2 Å². The number of anilines is 1. The number of rotatable bonds is 5. The van der Waals surface area contributed by atoms with E-state index in [1.54, 1.807) is 34.0 Å². The number of benzene rings is 1. The molecule has 2 heterocycles. The van der Waals surface area contributed by atoms with Crippen LogP contribution in [-0.4, -0.2) is 25.5 Å². The van der Waals surface area contributed by atoms with E-state index in [4.69, 9.17) is 11.6 Å². The summed E-state index contributed by atoms with van der Waals surface area (Å²) in [5.74, 6) is -0.247. The number of nitrogens with one attached hydrogen (secondary N) is 1. The van der Waals surface area contributed by atoms with Gasteiger partial charge in [-0.05, 0) is 30.7 Å². The SMILES string of the molecule is CCn1ccc(C(=O)Nc2cnn(Cc3ccc(Cl)cc3)c2)n1. The zero-order valence-corrected chi connectivity index (χ0v) is 13.4. The third kappa shape index (κ3) is 3.78. The Bertz CT molecular complexity index is 806. The van der Waals surface area contributed by atoms with E-state index in [1.165, 1.54) is 0 Å². The normalized spacial score (nSPS) is 10.7. The molecule has 3 rings (SSSR count). The van der Waals surface area contributed by atoms with Gasteiger partial charge >= 0.3 is 0 Å². The van der Waals surface area contributed by atoms with Gasteiger partial charge in [-0.1, -0.05) is 23.7 Å². The number of hydrogen-bond donors (Lipinski definition) is 1. The van der Waals surface area contributed by atoms with E-state index in [-0.39, 0.29) is 5.91 Å². The van der Waals surface area contributed by atoms with Crippen LogP contribution in [0.5, 0.6) is 0 Å². The average molecular weight is 330 g/mol. The second-order valence-corrected chi connectivity index (χ2v) is 5.50. The van der Waals surface area contributed by atoms with Crippen molar-refractivity contribution < 1.29 is 4.79 Å². The molecule has 1 amide bonds. The Hall–Kier alpha value is -2.60. The molecule has 0 atom stereocenters. The molecule has 0 unspecified atom stereocenters. The Morgan fingerprint density at radius 1 is 1.22 bits per heavy atom. The molecule has 0 saturated carbocycles. The number of hydrogen-bond acceptors (Lipinski definition) is 3. The Labute approximate surface area is 138 Å². The van der Waals surface area contributed by atoms with Crippen molar-refractivity contribution in [2.75, 3.05) is 5.32 Å². The van der Waals surface area contributed by atoms with Gasteiger partial charge in [0.1, 0.15) is 0 Å². The molecular weight excluding hydrogens is 314 g/mol. The maximum Gasteiger partial charge on any atom is 0.276 e. The van der Waals surface area contributed by atoms with Crippen molar-refractivity contribution >= 4 is 23.2 Å². The predicted molar refractivity (Wildman–Crippen MR) is 88.6 cm³/mol. The maximum absolute atomic E-state index is 12.1. The molecule has 0 fully saturated rings. The number of halogens is 1. The molecule has 2 aromatic heterocycles. The minimum Gasteiger partial charge on any atom is -0.318 e. The predicted octanol–water partition coefficient (Wildman–Crippen LogP) is 3.05. The summed E-state index contributed by atoms with van der Waals surface area (Å²) in [4.78, 5) is 12.1. The van der Waals surface area contributed by atoms with Crippen LogP contribution in [-0.2, 0) is 13.1 Å². The highest BCUT2D eigenvalue weighted by Crippen LogP contribution is 2.12. The number of amides is 1. The summed E-state index contributed by atoms with van der Waals surface area (Å²) in [5.41, 5.74) is 2.10. The molecular formula is C16H16ClN5O. The molecule has 3 aromatic rings. The van der Waals surface area contributed by atoms with E-state index in [0.717, 1.165) is 12.1 Å². The third-order valence-corrected chi connectivity index (χ3v) is 3.60. The fraction of sp³-hybridized carbons (Fsp3) is 0.188. The van der Waals surface area contributed by atoms with Gasteiger partial charge in [0.25, 0.3) is 5.91 Å². The van der Waals surface area contributed by atoms with Crippen LogP contribution in [0, 0.1) is 0 Å². The largest absolute Gasteiger partial charge is 0.318 e.